The van der Waals surface area contributed by atoms with E-state index in [1.807, 2.05) is 24.8 Å². The van der Waals surface area contributed by atoms with Crippen molar-refractivity contribution in [3.8, 4) is 0 Å². The van der Waals surface area contributed by atoms with Crippen LogP contribution in [0.4, 0.5) is 0 Å². The molecule has 0 radical (unpaired) electrons. The fraction of sp³-hybridized carbons (Fsp3) is 0.538. The van der Waals surface area contributed by atoms with E-state index < -0.39 is 9.84 Å². The van der Waals surface area contributed by atoms with E-state index in [0.29, 0.717) is 10.3 Å². The lowest BCUT2D eigenvalue weighted by molar-refractivity contribution is 0.601. The Morgan fingerprint density at radius 3 is 2.44 bits per heavy atom. The molecule has 100 valence electrons. The summed E-state index contributed by atoms with van der Waals surface area (Å²) in [5.74, 6) is 0. The first-order valence-corrected chi connectivity index (χ1v) is 9.20. The van der Waals surface area contributed by atoms with Crippen molar-refractivity contribution in [1.29, 1.82) is 0 Å². The summed E-state index contributed by atoms with van der Waals surface area (Å²) in [4.78, 5) is 1.34. The minimum Gasteiger partial charge on any atom is -0.224 e. The van der Waals surface area contributed by atoms with E-state index in [1.54, 1.807) is 6.07 Å². The topological polar surface area (TPSA) is 34.1 Å². The van der Waals surface area contributed by atoms with Gasteiger partial charge in [-0.15, -0.1) is 11.8 Å². The van der Waals surface area contributed by atoms with Crippen LogP contribution in [0.1, 0.15) is 31.2 Å². The number of hydrogen-bond donors (Lipinski definition) is 0. The van der Waals surface area contributed by atoms with Gasteiger partial charge in [0.2, 0.25) is 0 Å². The molecule has 0 atom stereocenters. The number of thioether (sulfide) groups is 1. The maximum Gasteiger partial charge on any atom is 0.177 e. The fourth-order valence-corrected chi connectivity index (χ4v) is 5.03. The molecule has 1 aliphatic rings. The average Bonchev–Trinajstić information content (AvgIpc) is 2.76. The summed E-state index contributed by atoms with van der Waals surface area (Å²) < 4.78 is 23.1. The van der Waals surface area contributed by atoms with Gasteiger partial charge in [0.15, 0.2) is 9.84 Å². The summed E-state index contributed by atoms with van der Waals surface area (Å²) in [5.41, 5.74) is 0.886. The van der Waals surface area contributed by atoms with Crippen LogP contribution in [0.2, 0.25) is 5.02 Å². The van der Waals surface area contributed by atoms with Gasteiger partial charge >= 0.3 is 0 Å². The molecule has 18 heavy (non-hydrogen) atoms. The zero-order valence-electron chi connectivity index (χ0n) is 10.6. The van der Waals surface area contributed by atoms with Crippen LogP contribution in [-0.4, -0.2) is 19.9 Å². The molecule has 1 fully saturated rings. The minimum absolute atomic E-state index is 0.234. The summed E-state index contributed by atoms with van der Waals surface area (Å²) in [6, 6.07) is 3.52. The third kappa shape index (κ3) is 3.03. The molecule has 0 bridgehead atoms. The van der Waals surface area contributed by atoms with E-state index in [4.69, 9.17) is 11.6 Å². The van der Waals surface area contributed by atoms with Gasteiger partial charge in [0.25, 0.3) is 0 Å². The predicted octanol–water partition coefficient (Wildman–Crippen LogP) is 4.09. The van der Waals surface area contributed by atoms with Crippen LogP contribution in [0.3, 0.4) is 0 Å². The van der Waals surface area contributed by atoms with Crippen LogP contribution >= 0.6 is 23.4 Å². The summed E-state index contributed by atoms with van der Waals surface area (Å²) in [6.45, 7) is 1.90. The third-order valence-electron chi connectivity index (χ3n) is 3.30. The molecule has 0 spiro atoms. The van der Waals surface area contributed by atoms with Gasteiger partial charge in [-0.3, -0.25) is 0 Å². The number of halogens is 1. The Morgan fingerprint density at radius 2 is 1.89 bits per heavy atom. The summed E-state index contributed by atoms with van der Waals surface area (Å²) in [6.07, 6.45) is 6.28. The standard InChI is InChI=1S/C13H17ClO2S2/c1-9-11(17-10-5-3-4-6-10)7-8-12(13(9)14)18(2,15)16/h7-8,10H,3-6H2,1-2H3. The Labute approximate surface area is 118 Å². The lowest BCUT2D eigenvalue weighted by Crippen LogP contribution is -2.01. The molecule has 0 aromatic heterocycles. The monoisotopic (exact) mass is 304 g/mol. The lowest BCUT2D eigenvalue weighted by atomic mass is 10.2. The molecule has 2 rings (SSSR count). The van der Waals surface area contributed by atoms with Gasteiger partial charge in [-0.05, 0) is 37.5 Å². The van der Waals surface area contributed by atoms with E-state index in [1.165, 1.54) is 31.9 Å². The van der Waals surface area contributed by atoms with E-state index >= 15 is 0 Å². The second-order valence-electron chi connectivity index (χ2n) is 4.80. The molecular weight excluding hydrogens is 288 g/mol. The number of benzene rings is 1. The van der Waals surface area contributed by atoms with Gasteiger partial charge in [-0.1, -0.05) is 24.4 Å². The molecule has 0 aliphatic heterocycles. The molecular formula is C13H17ClO2S2. The van der Waals surface area contributed by atoms with Crippen molar-refractivity contribution in [3.63, 3.8) is 0 Å². The maximum atomic E-state index is 11.6. The zero-order chi connectivity index (χ0) is 13.3. The van der Waals surface area contributed by atoms with Crippen molar-refractivity contribution in [2.75, 3.05) is 6.26 Å². The maximum absolute atomic E-state index is 11.6. The molecule has 0 saturated heterocycles. The zero-order valence-corrected chi connectivity index (χ0v) is 13.0. The molecule has 0 amide bonds. The van der Waals surface area contributed by atoms with Crippen molar-refractivity contribution in [2.45, 2.75) is 47.6 Å². The number of sulfone groups is 1. The van der Waals surface area contributed by atoms with Crippen LogP contribution in [0.5, 0.6) is 0 Å². The third-order valence-corrected chi connectivity index (χ3v) is 6.54. The molecule has 1 aliphatic carbocycles. The minimum atomic E-state index is -3.24. The molecule has 0 heterocycles. The Balaban J connectivity index is 2.31. The molecule has 2 nitrogen and oxygen atoms in total. The first-order chi connectivity index (χ1) is 8.39. The highest BCUT2D eigenvalue weighted by molar-refractivity contribution is 8.00. The number of hydrogen-bond acceptors (Lipinski definition) is 3. The molecule has 0 N–H and O–H groups in total. The Hall–Kier alpha value is -0.190. The predicted molar refractivity (Wildman–Crippen MR) is 77.4 cm³/mol. The molecule has 1 aromatic rings. The summed E-state index contributed by atoms with van der Waals surface area (Å²) in [5, 5.41) is 1.03. The van der Waals surface area contributed by atoms with Crippen LogP contribution in [-0.2, 0) is 9.84 Å². The summed E-state index contributed by atoms with van der Waals surface area (Å²) in [7, 11) is -3.24. The smallest absolute Gasteiger partial charge is 0.177 e. The average molecular weight is 305 g/mol. The first kappa shape index (κ1) is 14.2. The van der Waals surface area contributed by atoms with Gasteiger partial charge in [-0.25, -0.2) is 8.42 Å². The Bertz CT molecular complexity index is 546. The largest absolute Gasteiger partial charge is 0.224 e. The van der Waals surface area contributed by atoms with Crippen LogP contribution in [0, 0.1) is 6.92 Å². The normalized spacial score (nSPS) is 17.3. The van der Waals surface area contributed by atoms with Gasteiger partial charge < -0.3 is 0 Å². The van der Waals surface area contributed by atoms with Gasteiger partial charge in [0.05, 0.1) is 9.92 Å². The molecule has 1 saturated carbocycles. The van der Waals surface area contributed by atoms with Crippen molar-refractivity contribution >= 4 is 33.2 Å². The first-order valence-electron chi connectivity index (χ1n) is 6.05. The SMILES string of the molecule is Cc1c(SC2CCCC2)ccc(S(C)(=O)=O)c1Cl. The van der Waals surface area contributed by atoms with Gasteiger partial charge in [0, 0.05) is 16.4 Å². The quantitative estimate of drug-likeness (QED) is 0.843. The van der Waals surface area contributed by atoms with Crippen LogP contribution in [0.15, 0.2) is 21.9 Å². The molecule has 5 heteroatoms. The second kappa shape index (κ2) is 5.43. The van der Waals surface area contributed by atoms with Crippen molar-refractivity contribution < 1.29 is 8.42 Å². The van der Waals surface area contributed by atoms with E-state index in [0.717, 1.165) is 10.5 Å². The van der Waals surface area contributed by atoms with Gasteiger partial charge in [-0.2, -0.15) is 0 Å². The van der Waals surface area contributed by atoms with Crippen molar-refractivity contribution in [2.24, 2.45) is 0 Å². The second-order valence-corrected chi connectivity index (χ2v) is 8.50. The molecule has 1 aromatic carbocycles. The number of rotatable bonds is 3. The van der Waals surface area contributed by atoms with Gasteiger partial charge in [0.1, 0.15) is 0 Å². The Morgan fingerprint density at radius 1 is 1.28 bits per heavy atom. The van der Waals surface area contributed by atoms with Crippen LogP contribution in [0.25, 0.3) is 0 Å². The highest BCUT2D eigenvalue weighted by Gasteiger charge is 2.20. The highest BCUT2D eigenvalue weighted by Crippen LogP contribution is 2.39. The van der Waals surface area contributed by atoms with E-state index in [-0.39, 0.29) is 4.90 Å². The summed E-state index contributed by atoms with van der Waals surface area (Å²) >= 11 is 8.01. The van der Waals surface area contributed by atoms with Crippen molar-refractivity contribution in [1.82, 2.24) is 0 Å². The fourth-order valence-electron chi connectivity index (χ4n) is 2.24. The van der Waals surface area contributed by atoms with E-state index in [9.17, 15) is 8.42 Å². The van der Waals surface area contributed by atoms with E-state index in [2.05, 4.69) is 0 Å². The molecule has 0 unspecified atom stereocenters. The lowest BCUT2D eigenvalue weighted by Gasteiger charge is -2.14. The van der Waals surface area contributed by atoms with Crippen LogP contribution < -0.4 is 0 Å². The van der Waals surface area contributed by atoms with Crippen molar-refractivity contribution in [3.05, 3.63) is 22.7 Å². The Kier molecular flexibility index (Phi) is 4.29. The highest BCUT2D eigenvalue weighted by atomic mass is 35.5.